The lowest BCUT2D eigenvalue weighted by molar-refractivity contribution is -0.138. The predicted octanol–water partition coefficient (Wildman–Crippen LogP) is 2.85. The highest BCUT2D eigenvalue weighted by Gasteiger charge is 2.38. The van der Waals surface area contributed by atoms with Gasteiger partial charge in [-0.1, -0.05) is 12.8 Å². The molecule has 0 amide bonds. The van der Waals surface area contributed by atoms with Crippen LogP contribution in [-0.4, -0.2) is 46.1 Å². The van der Waals surface area contributed by atoms with Gasteiger partial charge >= 0.3 is 5.97 Å². The molecule has 0 aromatic rings. The summed E-state index contributed by atoms with van der Waals surface area (Å²) >= 11 is 1.93. The van der Waals surface area contributed by atoms with E-state index in [9.17, 15) is 4.79 Å². The first-order valence-electron chi connectivity index (χ1n) is 7.79. The predicted molar refractivity (Wildman–Crippen MR) is 78.5 cm³/mol. The van der Waals surface area contributed by atoms with Crippen LogP contribution in [0.2, 0.25) is 0 Å². The molecule has 1 N–H and O–H groups in total. The monoisotopic (exact) mass is 283 g/mol. The summed E-state index contributed by atoms with van der Waals surface area (Å²) in [7, 11) is 0. The van der Waals surface area contributed by atoms with Crippen LogP contribution in [0.15, 0.2) is 0 Å². The third kappa shape index (κ3) is 3.46. The number of thioether (sulfide) groups is 1. The molecular formula is C15H25NO2S. The molecule has 0 aromatic carbocycles. The van der Waals surface area contributed by atoms with Crippen molar-refractivity contribution < 1.29 is 9.90 Å². The summed E-state index contributed by atoms with van der Waals surface area (Å²) in [6, 6.07) is 0.948. The SMILES string of the molecule is O=C(O)CC1CSCCN1C1CCCC(C2CC2)C1. The van der Waals surface area contributed by atoms with Gasteiger partial charge in [0, 0.05) is 30.1 Å². The molecule has 4 heteroatoms. The van der Waals surface area contributed by atoms with E-state index in [1.165, 1.54) is 44.3 Å². The molecule has 0 spiro atoms. The molecule has 3 aliphatic rings. The van der Waals surface area contributed by atoms with Crippen LogP contribution < -0.4 is 0 Å². The van der Waals surface area contributed by atoms with Crippen LogP contribution in [0.5, 0.6) is 0 Å². The summed E-state index contributed by atoms with van der Waals surface area (Å²) in [4.78, 5) is 13.6. The maximum absolute atomic E-state index is 11.0. The Morgan fingerprint density at radius 2 is 2.05 bits per heavy atom. The molecule has 1 saturated heterocycles. The largest absolute Gasteiger partial charge is 0.481 e. The van der Waals surface area contributed by atoms with Crippen molar-refractivity contribution in [3.8, 4) is 0 Å². The molecule has 19 heavy (non-hydrogen) atoms. The molecule has 2 aliphatic carbocycles. The van der Waals surface area contributed by atoms with E-state index in [4.69, 9.17) is 5.11 Å². The first-order chi connectivity index (χ1) is 9.24. The summed E-state index contributed by atoms with van der Waals surface area (Å²) in [5.41, 5.74) is 0. The lowest BCUT2D eigenvalue weighted by atomic mass is 9.81. The van der Waals surface area contributed by atoms with Crippen molar-refractivity contribution in [1.29, 1.82) is 0 Å². The summed E-state index contributed by atoms with van der Waals surface area (Å²) in [6.07, 6.45) is 8.65. The van der Waals surface area contributed by atoms with Crippen LogP contribution in [0.25, 0.3) is 0 Å². The standard InChI is InChI=1S/C15H25NO2S/c17-15(18)9-14-10-19-7-6-16(14)13-3-1-2-12(8-13)11-4-5-11/h11-14H,1-10H2,(H,17,18). The van der Waals surface area contributed by atoms with Crippen molar-refractivity contribution >= 4 is 17.7 Å². The van der Waals surface area contributed by atoms with Crippen molar-refractivity contribution in [3.05, 3.63) is 0 Å². The van der Waals surface area contributed by atoms with Crippen LogP contribution >= 0.6 is 11.8 Å². The molecule has 3 unspecified atom stereocenters. The lowest BCUT2D eigenvalue weighted by Gasteiger charge is -2.44. The van der Waals surface area contributed by atoms with Crippen LogP contribution in [0.4, 0.5) is 0 Å². The highest BCUT2D eigenvalue weighted by atomic mass is 32.2. The average Bonchev–Trinajstić information content (AvgIpc) is 3.23. The van der Waals surface area contributed by atoms with E-state index in [1.54, 1.807) is 0 Å². The van der Waals surface area contributed by atoms with E-state index < -0.39 is 5.97 Å². The number of carboxylic acid groups (broad SMARTS) is 1. The average molecular weight is 283 g/mol. The molecule has 1 heterocycles. The molecule has 108 valence electrons. The summed E-state index contributed by atoms with van der Waals surface area (Å²) in [5, 5.41) is 9.10. The zero-order valence-corrected chi connectivity index (χ0v) is 12.4. The number of aliphatic carboxylic acids is 1. The van der Waals surface area contributed by atoms with Crippen molar-refractivity contribution in [2.45, 2.75) is 57.0 Å². The maximum atomic E-state index is 11.0. The van der Waals surface area contributed by atoms with Gasteiger partial charge < -0.3 is 5.11 Å². The molecular weight excluding hydrogens is 258 g/mol. The minimum absolute atomic E-state index is 0.277. The topological polar surface area (TPSA) is 40.5 Å². The van der Waals surface area contributed by atoms with E-state index in [1.807, 2.05) is 11.8 Å². The molecule has 3 atom stereocenters. The number of carboxylic acids is 1. The van der Waals surface area contributed by atoms with E-state index in [0.717, 1.165) is 24.1 Å². The molecule has 0 bridgehead atoms. The molecule has 2 saturated carbocycles. The highest BCUT2D eigenvalue weighted by Crippen LogP contribution is 2.45. The first kappa shape index (κ1) is 13.7. The van der Waals surface area contributed by atoms with Gasteiger partial charge in [-0.05, 0) is 37.5 Å². The Kier molecular flexibility index (Phi) is 4.37. The van der Waals surface area contributed by atoms with Crippen molar-refractivity contribution in [2.24, 2.45) is 11.8 Å². The van der Waals surface area contributed by atoms with Gasteiger partial charge in [-0.15, -0.1) is 0 Å². The van der Waals surface area contributed by atoms with Gasteiger partial charge in [-0.2, -0.15) is 11.8 Å². The fourth-order valence-electron chi connectivity index (χ4n) is 4.02. The molecule has 3 rings (SSSR count). The van der Waals surface area contributed by atoms with Crippen molar-refractivity contribution in [1.82, 2.24) is 4.90 Å². The minimum Gasteiger partial charge on any atom is -0.481 e. The molecule has 1 aliphatic heterocycles. The first-order valence-corrected chi connectivity index (χ1v) is 8.95. The Morgan fingerprint density at radius 3 is 2.79 bits per heavy atom. The molecule has 0 radical (unpaired) electrons. The van der Waals surface area contributed by atoms with E-state index in [-0.39, 0.29) is 6.04 Å². The van der Waals surface area contributed by atoms with Gasteiger partial charge in [0.2, 0.25) is 0 Å². The van der Waals surface area contributed by atoms with Gasteiger partial charge in [0.05, 0.1) is 6.42 Å². The second kappa shape index (κ2) is 6.04. The number of hydrogen-bond acceptors (Lipinski definition) is 3. The van der Waals surface area contributed by atoms with E-state index in [2.05, 4.69) is 4.90 Å². The normalized spacial score (nSPS) is 37.2. The minimum atomic E-state index is -0.632. The van der Waals surface area contributed by atoms with Gasteiger partial charge in [0.15, 0.2) is 0 Å². The molecule has 3 fully saturated rings. The maximum Gasteiger partial charge on any atom is 0.304 e. The zero-order chi connectivity index (χ0) is 13.2. The Balaban J connectivity index is 1.62. The van der Waals surface area contributed by atoms with Crippen LogP contribution in [0.1, 0.15) is 44.9 Å². The molecule has 0 aromatic heterocycles. The quantitative estimate of drug-likeness (QED) is 0.861. The van der Waals surface area contributed by atoms with Crippen molar-refractivity contribution in [2.75, 3.05) is 18.1 Å². The Hall–Kier alpha value is -0.220. The summed E-state index contributed by atoms with van der Waals surface area (Å²) < 4.78 is 0. The van der Waals surface area contributed by atoms with Gasteiger partial charge in [0.25, 0.3) is 0 Å². The zero-order valence-electron chi connectivity index (χ0n) is 11.6. The Bertz CT molecular complexity index is 332. The smallest absolute Gasteiger partial charge is 0.304 e. The highest BCUT2D eigenvalue weighted by molar-refractivity contribution is 7.99. The van der Waals surface area contributed by atoms with E-state index in [0.29, 0.717) is 12.5 Å². The van der Waals surface area contributed by atoms with Crippen LogP contribution in [-0.2, 0) is 4.79 Å². The van der Waals surface area contributed by atoms with E-state index >= 15 is 0 Å². The van der Waals surface area contributed by atoms with Gasteiger partial charge in [-0.3, -0.25) is 9.69 Å². The summed E-state index contributed by atoms with van der Waals surface area (Å²) in [6.45, 7) is 1.10. The number of nitrogens with zero attached hydrogens (tertiary/aromatic N) is 1. The van der Waals surface area contributed by atoms with Crippen LogP contribution in [0.3, 0.4) is 0 Å². The number of carbonyl (C=O) groups is 1. The second-order valence-electron chi connectivity index (χ2n) is 6.48. The summed E-state index contributed by atoms with van der Waals surface area (Å²) in [5.74, 6) is 3.52. The third-order valence-electron chi connectivity index (χ3n) is 5.13. The fraction of sp³-hybridized carbons (Fsp3) is 0.933. The van der Waals surface area contributed by atoms with Crippen molar-refractivity contribution in [3.63, 3.8) is 0 Å². The van der Waals surface area contributed by atoms with Gasteiger partial charge in [0.1, 0.15) is 0 Å². The van der Waals surface area contributed by atoms with Gasteiger partial charge in [-0.25, -0.2) is 0 Å². The number of rotatable bonds is 4. The fourth-order valence-corrected chi connectivity index (χ4v) is 5.11. The number of hydrogen-bond donors (Lipinski definition) is 1. The molecule has 3 nitrogen and oxygen atoms in total. The third-order valence-corrected chi connectivity index (χ3v) is 6.22. The lowest BCUT2D eigenvalue weighted by Crippen LogP contribution is -2.50. The van der Waals surface area contributed by atoms with Crippen LogP contribution in [0, 0.1) is 11.8 Å². The Morgan fingerprint density at radius 1 is 1.21 bits per heavy atom. The Labute approximate surface area is 120 Å². The second-order valence-corrected chi connectivity index (χ2v) is 7.63.